The van der Waals surface area contributed by atoms with Gasteiger partial charge in [0, 0.05) is 52.2 Å². The standard InChI is InChI=1S/C34H32N2O4/c1-7-36-26-15-12-19-10-8-9-11-21(19)29(26)34(4,5)28(36)18-23-30(37)22(31(23)38)17-27-33(2,3)24-16-20(32(39)40)13-14-25(24)35(27)6/h8-18H,7H2,1-6H3,(H-,37,38,39,40). The molecule has 0 atom stereocenters. The molecule has 2 heterocycles. The number of carboxylic acid groups (broad SMARTS) is 1. The van der Waals surface area contributed by atoms with E-state index in [1.54, 1.807) is 30.4 Å². The molecule has 0 radical (unpaired) electrons. The number of ketones is 1. The van der Waals surface area contributed by atoms with E-state index in [0.29, 0.717) is 6.54 Å². The average molecular weight is 533 g/mol. The summed E-state index contributed by atoms with van der Waals surface area (Å²) in [6.07, 6.45) is 3.48. The smallest absolute Gasteiger partial charge is 0.335 e. The Morgan fingerprint density at radius 1 is 1.02 bits per heavy atom. The van der Waals surface area contributed by atoms with Gasteiger partial charge in [-0.3, -0.25) is 4.79 Å². The van der Waals surface area contributed by atoms with Crippen molar-refractivity contribution < 1.29 is 24.4 Å². The minimum Gasteiger partial charge on any atom is -0.871 e. The van der Waals surface area contributed by atoms with E-state index in [2.05, 4.69) is 49.9 Å². The van der Waals surface area contributed by atoms with Crippen molar-refractivity contribution in [1.29, 1.82) is 0 Å². The normalized spacial score (nSPS) is 20.9. The summed E-state index contributed by atoms with van der Waals surface area (Å²) in [6.45, 7) is 11.1. The molecular weight excluding hydrogens is 500 g/mol. The molecule has 0 unspecified atom stereocenters. The van der Waals surface area contributed by atoms with E-state index in [-0.39, 0.29) is 28.3 Å². The summed E-state index contributed by atoms with van der Waals surface area (Å²) in [4.78, 5) is 27.2. The van der Waals surface area contributed by atoms with Crippen molar-refractivity contribution in [2.24, 2.45) is 0 Å². The van der Waals surface area contributed by atoms with Gasteiger partial charge in [0.25, 0.3) is 0 Å². The fourth-order valence-corrected chi connectivity index (χ4v) is 6.73. The molecule has 0 bridgehead atoms. The molecule has 0 saturated carbocycles. The van der Waals surface area contributed by atoms with E-state index < -0.39 is 16.8 Å². The second-order valence-corrected chi connectivity index (χ2v) is 11.8. The highest BCUT2D eigenvalue weighted by Gasteiger charge is 2.45. The van der Waals surface area contributed by atoms with Crippen LogP contribution in [0.1, 0.15) is 56.1 Å². The number of carboxylic acids is 1. The van der Waals surface area contributed by atoms with Gasteiger partial charge in [0.05, 0.1) is 11.0 Å². The third kappa shape index (κ3) is 3.38. The Hall–Kier alpha value is -4.45. The highest BCUT2D eigenvalue weighted by Crippen LogP contribution is 2.51. The second-order valence-electron chi connectivity index (χ2n) is 11.8. The summed E-state index contributed by atoms with van der Waals surface area (Å²) in [5.74, 6) is -1.51. The number of anilines is 1. The van der Waals surface area contributed by atoms with Crippen molar-refractivity contribution in [1.82, 2.24) is 0 Å². The first-order chi connectivity index (χ1) is 18.9. The van der Waals surface area contributed by atoms with Crippen LogP contribution < -0.4 is 10.0 Å². The minimum atomic E-state index is -0.990. The van der Waals surface area contributed by atoms with Crippen molar-refractivity contribution in [2.75, 3.05) is 18.5 Å². The van der Waals surface area contributed by atoms with Gasteiger partial charge in [-0.1, -0.05) is 49.9 Å². The first-order valence-electron chi connectivity index (χ1n) is 13.6. The number of fused-ring (bicyclic) bond motifs is 4. The van der Waals surface area contributed by atoms with Crippen LogP contribution >= 0.6 is 0 Å². The van der Waals surface area contributed by atoms with Gasteiger partial charge in [-0.2, -0.15) is 4.58 Å². The first kappa shape index (κ1) is 25.8. The molecule has 1 aliphatic carbocycles. The highest BCUT2D eigenvalue weighted by atomic mass is 16.4. The summed E-state index contributed by atoms with van der Waals surface area (Å²) in [6, 6.07) is 17.6. The number of carbonyl (C=O) groups excluding carboxylic acids is 1. The number of aromatic carboxylic acids is 1. The van der Waals surface area contributed by atoms with Crippen LogP contribution in [0.5, 0.6) is 0 Å². The maximum absolute atomic E-state index is 13.5. The fraction of sp³-hybridized carbons (Fsp3) is 0.265. The molecular formula is C34H32N2O4. The average Bonchev–Trinajstić information content (AvgIpc) is 3.27. The van der Waals surface area contributed by atoms with Crippen LogP contribution in [0.3, 0.4) is 0 Å². The highest BCUT2D eigenvalue weighted by molar-refractivity contribution is 6.24. The molecule has 40 heavy (non-hydrogen) atoms. The van der Waals surface area contributed by atoms with Crippen LogP contribution in [0.4, 0.5) is 11.4 Å². The molecule has 6 heteroatoms. The van der Waals surface area contributed by atoms with E-state index in [0.717, 1.165) is 33.7 Å². The van der Waals surface area contributed by atoms with Crippen molar-refractivity contribution in [2.45, 2.75) is 45.4 Å². The maximum Gasteiger partial charge on any atom is 0.335 e. The zero-order chi connectivity index (χ0) is 28.7. The predicted molar refractivity (Wildman–Crippen MR) is 155 cm³/mol. The quantitative estimate of drug-likeness (QED) is 0.361. The van der Waals surface area contributed by atoms with Crippen LogP contribution in [-0.4, -0.2) is 40.7 Å². The van der Waals surface area contributed by atoms with Gasteiger partial charge >= 0.3 is 5.97 Å². The molecule has 0 aromatic heterocycles. The molecule has 1 N–H and O–H groups in total. The van der Waals surface area contributed by atoms with Gasteiger partial charge in [-0.25, -0.2) is 4.79 Å². The van der Waals surface area contributed by atoms with Crippen LogP contribution in [0.15, 0.2) is 89.4 Å². The van der Waals surface area contributed by atoms with Gasteiger partial charge < -0.3 is 15.1 Å². The Morgan fingerprint density at radius 3 is 2.42 bits per heavy atom. The van der Waals surface area contributed by atoms with Crippen molar-refractivity contribution in [3.8, 4) is 0 Å². The lowest BCUT2D eigenvalue weighted by Gasteiger charge is -2.32. The second kappa shape index (κ2) is 8.52. The number of hydrogen-bond donors (Lipinski definition) is 1. The third-order valence-electron chi connectivity index (χ3n) is 8.89. The van der Waals surface area contributed by atoms with Crippen LogP contribution in [-0.2, 0) is 15.6 Å². The largest absolute Gasteiger partial charge is 0.871 e. The van der Waals surface area contributed by atoms with E-state index in [9.17, 15) is 19.8 Å². The molecule has 3 aromatic carbocycles. The lowest BCUT2D eigenvalue weighted by molar-refractivity contribution is -0.401. The van der Waals surface area contributed by atoms with Crippen molar-refractivity contribution in [3.05, 3.63) is 106 Å². The third-order valence-corrected chi connectivity index (χ3v) is 8.89. The van der Waals surface area contributed by atoms with Gasteiger partial charge in [0.1, 0.15) is 7.05 Å². The zero-order valence-corrected chi connectivity index (χ0v) is 23.6. The summed E-state index contributed by atoms with van der Waals surface area (Å²) >= 11 is 0. The van der Waals surface area contributed by atoms with Gasteiger partial charge in [0.2, 0.25) is 5.69 Å². The molecule has 0 spiro atoms. The van der Waals surface area contributed by atoms with E-state index in [1.165, 1.54) is 10.9 Å². The fourth-order valence-electron chi connectivity index (χ4n) is 6.73. The summed E-state index contributed by atoms with van der Waals surface area (Å²) < 4.78 is 1.94. The molecule has 0 amide bonds. The number of nitrogens with zero attached hydrogens (tertiary/aromatic N) is 2. The first-order valence-corrected chi connectivity index (χ1v) is 13.6. The van der Waals surface area contributed by atoms with Crippen LogP contribution in [0, 0.1) is 0 Å². The zero-order valence-electron chi connectivity index (χ0n) is 23.6. The summed E-state index contributed by atoms with van der Waals surface area (Å²) in [5, 5.41) is 25.3. The molecule has 0 saturated heterocycles. The molecule has 6 rings (SSSR count). The predicted octanol–water partition coefficient (Wildman–Crippen LogP) is 5.37. The van der Waals surface area contributed by atoms with Crippen LogP contribution in [0.2, 0.25) is 0 Å². The Balaban J connectivity index is 1.42. The van der Waals surface area contributed by atoms with E-state index in [4.69, 9.17) is 0 Å². The summed E-state index contributed by atoms with van der Waals surface area (Å²) in [5.41, 5.74) is 5.35. The Kier molecular flexibility index (Phi) is 5.50. The van der Waals surface area contributed by atoms with Gasteiger partial charge in [-0.15, -0.1) is 0 Å². The van der Waals surface area contributed by atoms with Crippen molar-refractivity contribution in [3.63, 3.8) is 0 Å². The van der Waals surface area contributed by atoms with Crippen molar-refractivity contribution >= 4 is 39.6 Å². The SMILES string of the molecule is CCN1/C(=C\C2=C([O-])C(=C\C3=[N+](C)c4ccc(C(=O)O)cc4C3(C)C)/C2=O)C(C)(C)c2c1ccc1ccccc21. The minimum absolute atomic E-state index is 0.162. The van der Waals surface area contributed by atoms with E-state index in [1.807, 2.05) is 37.6 Å². The molecule has 2 aliphatic heterocycles. The number of allylic oxidation sites excluding steroid dienone is 5. The Bertz CT molecular complexity index is 1800. The molecule has 3 aliphatic rings. The monoisotopic (exact) mass is 532 g/mol. The van der Waals surface area contributed by atoms with Crippen LogP contribution in [0.25, 0.3) is 10.8 Å². The molecule has 202 valence electrons. The van der Waals surface area contributed by atoms with Gasteiger partial charge in [0.15, 0.2) is 11.5 Å². The Labute approximate surface area is 233 Å². The molecule has 6 nitrogen and oxygen atoms in total. The Morgan fingerprint density at radius 2 is 1.75 bits per heavy atom. The topological polar surface area (TPSA) is 83.7 Å². The lowest BCUT2D eigenvalue weighted by atomic mass is 9.77. The number of likely N-dealkylation sites (N-methyl/N-ethyl adjacent to an activating group) is 1. The number of hydrogen-bond acceptors (Lipinski definition) is 4. The number of rotatable bonds is 4. The van der Waals surface area contributed by atoms with E-state index >= 15 is 0 Å². The number of carbonyl (C=O) groups is 2. The molecule has 3 aromatic rings. The molecule has 0 fully saturated rings. The number of Topliss-reactive ketones (excluding diaryl/α,β-unsaturated/α-hetero) is 1. The summed E-state index contributed by atoms with van der Waals surface area (Å²) in [7, 11) is 1.88. The van der Waals surface area contributed by atoms with Gasteiger partial charge in [-0.05, 0) is 61.4 Å². The maximum atomic E-state index is 13.5. The number of benzene rings is 3. The lowest BCUT2D eigenvalue weighted by Crippen LogP contribution is -2.34.